The Balaban J connectivity index is 1.89. The van der Waals surface area contributed by atoms with E-state index in [4.69, 9.17) is 9.15 Å². The van der Waals surface area contributed by atoms with Crippen LogP contribution in [-0.2, 0) is 9.53 Å². The number of fused-ring (bicyclic) bond motifs is 1. The summed E-state index contributed by atoms with van der Waals surface area (Å²) in [4.78, 5) is 22.5. The Morgan fingerprint density at radius 3 is 3.05 bits per heavy atom. The molecule has 1 aliphatic rings. The predicted octanol–water partition coefficient (Wildman–Crippen LogP) is 1.68. The van der Waals surface area contributed by atoms with Crippen molar-refractivity contribution in [2.45, 2.75) is 18.9 Å². The molecule has 2 aromatic rings. The molecule has 19 heavy (non-hydrogen) atoms. The third-order valence-electron chi connectivity index (χ3n) is 2.93. The number of aromatic hydroxyl groups is 1. The highest BCUT2D eigenvalue weighted by molar-refractivity contribution is 7.16. The summed E-state index contributed by atoms with van der Waals surface area (Å²) in [6, 6.07) is 2.84. The smallest absolute Gasteiger partial charge is 0.396 e. The molecule has 1 unspecified atom stereocenters. The summed E-state index contributed by atoms with van der Waals surface area (Å²) < 4.78 is 10.7. The number of benzene rings is 1. The van der Waals surface area contributed by atoms with E-state index < -0.39 is 11.0 Å². The van der Waals surface area contributed by atoms with Gasteiger partial charge in [0.05, 0.1) is 10.4 Å². The lowest BCUT2D eigenvalue weighted by atomic mass is 10.2. The highest BCUT2D eigenvalue weighted by atomic mass is 32.1. The molecule has 2 heterocycles. The number of hydrogen-bond acceptors (Lipinski definition) is 6. The summed E-state index contributed by atoms with van der Waals surface area (Å²) in [6.45, 7) is 0.572. The van der Waals surface area contributed by atoms with E-state index in [-0.39, 0.29) is 17.3 Å². The second kappa shape index (κ2) is 4.67. The number of phenols is 1. The zero-order chi connectivity index (χ0) is 13.4. The van der Waals surface area contributed by atoms with Crippen LogP contribution in [0.4, 0.5) is 5.69 Å². The average Bonchev–Trinajstić information content (AvgIpc) is 2.97. The molecule has 2 N–H and O–H groups in total. The molecular weight excluding hydrogens is 270 g/mol. The Labute approximate surface area is 111 Å². The average molecular weight is 281 g/mol. The highest BCUT2D eigenvalue weighted by Crippen LogP contribution is 2.31. The number of rotatable bonds is 2. The van der Waals surface area contributed by atoms with E-state index in [1.807, 2.05) is 0 Å². The maximum absolute atomic E-state index is 11.9. The molecule has 0 saturated carbocycles. The van der Waals surface area contributed by atoms with Gasteiger partial charge in [0.2, 0.25) is 0 Å². The first kappa shape index (κ1) is 12.2. The molecular formula is C12H11NO5S. The van der Waals surface area contributed by atoms with Crippen molar-refractivity contribution in [2.75, 3.05) is 11.9 Å². The van der Waals surface area contributed by atoms with E-state index >= 15 is 0 Å². The van der Waals surface area contributed by atoms with Gasteiger partial charge in [-0.25, -0.2) is 4.79 Å². The molecule has 1 fully saturated rings. The number of carbonyl (C=O) groups is 1. The van der Waals surface area contributed by atoms with Gasteiger partial charge in [-0.3, -0.25) is 4.79 Å². The molecule has 1 aromatic carbocycles. The molecule has 100 valence electrons. The Kier molecular flexibility index (Phi) is 3.00. The quantitative estimate of drug-likeness (QED) is 0.817. The minimum absolute atomic E-state index is 0.101. The Morgan fingerprint density at radius 1 is 1.47 bits per heavy atom. The van der Waals surface area contributed by atoms with Crippen molar-refractivity contribution in [3.05, 3.63) is 21.9 Å². The predicted molar refractivity (Wildman–Crippen MR) is 69.6 cm³/mol. The summed E-state index contributed by atoms with van der Waals surface area (Å²) in [5.41, 5.74) is 0.560. The maximum atomic E-state index is 11.9. The third-order valence-corrected chi connectivity index (χ3v) is 3.72. The normalized spacial score (nSPS) is 18.8. The zero-order valence-corrected chi connectivity index (χ0v) is 10.7. The number of phenolic OH excluding ortho intramolecular Hbond substituents is 1. The zero-order valence-electron chi connectivity index (χ0n) is 9.84. The molecule has 6 nitrogen and oxygen atoms in total. The number of ether oxygens (including phenoxy) is 1. The minimum Gasteiger partial charge on any atom is -0.506 e. The fraction of sp³-hybridized carbons (Fsp3) is 0.333. The fourth-order valence-corrected chi connectivity index (χ4v) is 2.69. The Morgan fingerprint density at radius 2 is 2.32 bits per heavy atom. The van der Waals surface area contributed by atoms with Gasteiger partial charge in [-0.1, -0.05) is 11.3 Å². The van der Waals surface area contributed by atoms with Crippen molar-refractivity contribution in [3.63, 3.8) is 0 Å². The molecule has 1 aromatic heterocycles. The van der Waals surface area contributed by atoms with Crippen LogP contribution in [0.2, 0.25) is 0 Å². The van der Waals surface area contributed by atoms with Gasteiger partial charge >= 0.3 is 4.94 Å². The van der Waals surface area contributed by atoms with E-state index in [0.29, 0.717) is 23.3 Å². The van der Waals surface area contributed by atoms with Gasteiger partial charge in [-0.2, -0.15) is 0 Å². The largest absolute Gasteiger partial charge is 0.506 e. The second-order valence-electron chi connectivity index (χ2n) is 4.26. The van der Waals surface area contributed by atoms with Crippen LogP contribution in [0, 0.1) is 0 Å². The van der Waals surface area contributed by atoms with Crippen LogP contribution in [-0.4, -0.2) is 23.7 Å². The molecule has 7 heteroatoms. The van der Waals surface area contributed by atoms with Crippen LogP contribution in [0.25, 0.3) is 10.3 Å². The van der Waals surface area contributed by atoms with Crippen LogP contribution in [0.5, 0.6) is 5.75 Å². The lowest BCUT2D eigenvalue weighted by Crippen LogP contribution is -2.26. The maximum Gasteiger partial charge on any atom is 0.396 e. The number of anilines is 1. The summed E-state index contributed by atoms with van der Waals surface area (Å²) in [6.07, 6.45) is 1.04. The summed E-state index contributed by atoms with van der Waals surface area (Å²) in [5.74, 6) is -0.402. The van der Waals surface area contributed by atoms with Crippen molar-refractivity contribution < 1.29 is 19.1 Å². The van der Waals surface area contributed by atoms with Crippen molar-refractivity contribution in [3.8, 4) is 5.75 Å². The Bertz CT molecular complexity index is 683. The lowest BCUT2D eigenvalue weighted by Gasteiger charge is -2.11. The number of carbonyl (C=O) groups excluding carboxylic acids is 1. The van der Waals surface area contributed by atoms with E-state index in [0.717, 1.165) is 17.8 Å². The minimum atomic E-state index is -0.482. The molecule has 0 aliphatic carbocycles. The first-order valence-corrected chi connectivity index (χ1v) is 6.64. The molecule has 0 spiro atoms. The SMILES string of the molecule is O=C(Nc1cc2oc(=O)sc2cc1O)C1CCCO1. The highest BCUT2D eigenvalue weighted by Gasteiger charge is 2.24. The van der Waals surface area contributed by atoms with Crippen LogP contribution >= 0.6 is 11.3 Å². The van der Waals surface area contributed by atoms with E-state index in [9.17, 15) is 14.7 Å². The number of nitrogens with one attached hydrogen (secondary N) is 1. The number of amides is 1. The molecule has 0 bridgehead atoms. The molecule has 1 aliphatic heterocycles. The summed E-state index contributed by atoms with van der Waals surface area (Å²) in [7, 11) is 0. The van der Waals surface area contributed by atoms with Crippen molar-refractivity contribution in [1.29, 1.82) is 0 Å². The monoisotopic (exact) mass is 281 g/mol. The van der Waals surface area contributed by atoms with E-state index in [1.54, 1.807) is 0 Å². The first-order chi connectivity index (χ1) is 9.13. The summed E-state index contributed by atoms with van der Waals surface area (Å²) >= 11 is 0.900. The van der Waals surface area contributed by atoms with Gasteiger partial charge in [-0.05, 0) is 12.8 Å². The number of hydrogen-bond donors (Lipinski definition) is 2. The fourth-order valence-electron chi connectivity index (χ4n) is 2.01. The third kappa shape index (κ3) is 2.34. The standard InChI is InChI=1S/C12H11NO5S/c14-7-5-10-9(18-12(16)19-10)4-6(7)13-11(15)8-2-1-3-17-8/h4-5,8,14H,1-3H2,(H,13,15). The van der Waals surface area contributed by atoms with Crippen LogP contribution < -0.4 is 10.3 Å². The van der Waals surface area contributed by atoms with Gasteiger partial charge in [0.25, 0.3) is 5.91 Å². The second-order valence-corrected chi connectivity index (χ2v) is 5.24. The van der Waals surface area contributed by atoms with Gasteiger partial charge < -0.3 is 19.6 Å². The van der Waals surface area contributed by atoms with Crippen molar-refractivity contribution in [1.82, 2.24) is 0 Å². The molecule has 3 rings (SSSR count). The Hall–Kier alpha value is -1.86. The summed E-state index contributed by atoms with van der Waals surface area (Å²) in [5, 5.41) is 12.4. The molecule has 1 atom stereocenters. The first-order valence-electron chi connectivity index (χ1n) is 5.82. The van der Waals surface area contributed by atoms with E-state index in [1.165, 1.54) is 12.1 Å². The lowest BCUT2D eigenvalue weighted by molar-refractivity contribution is -0.124. The van der Waals surface area contributed by atoms with Crippen LogP contribution in [0.3, 0.4) is 0 Å². The van der Waals surface area contributed by atoms with Gasteiger partial charge in [0.15, 0.2) is 5.58 Å². The molecule has 1 saturated heterocycles. The van der Waals surface area contributed by atoms with Gasteiger partial charge in [-0.15, -0.1) is 0 Å². The van der Waals surface area contributed by atoms with Gasteiger partial charge in [0.1, 0.15) is 11.9 Å². The molecule has 0 radical (unpaired) electrons. The van der Waals surface area contributed by atoms with Crippen molar-refractivity contribution in [2.24, 2.45) is 0 Å². The van der Waals surface area contributed by atoms with Gasteiger partial charge in [0, 0.05) is 18.7 Å². The molecule has 1 amide bonds. The topological polar surface area (TPSA) is 88.8 Å². The van der Waals surface area contributed by atoms with Crippen molar-refractivity contribution >= 4 is 33.2 Å². The van der Waals surface area contributed by atoms with Crippen LogP contribution in [0.15, 0.2) is 21.3 Å². The van der Waals surface area contributed by atoms with E-state index in [2.05, 4.69) is 5.32 Å². The van der Waals surface area contributed by atoms with Crippen LogP contribution in [0.1, 0.15) is 12.8 Å².